The number of rotatable bonds is 1. The molecule has 1 aliphatic heterocycles. The molecule has 0 radical (unpaired) electrons. The molecule has 1 fully saturated rings. The first-order valence-electron chi connectivity index (χ1n) is 6.85. The Morgan fingerprint density at radius 3 is 2.05 bits per heavy atom. The molecule has 2 rings (SSSR count). The number of hydrogen-bond donors (Lipinski definition) is 0. The molecule has 3 nitrogen and oxygen atoms in total. The van der Waals surface area contributed by atoms with Gasteiger partial charge in [-0.2, -0.15) is 0 Å². The van der Waals surface area contributed by atoms with E-state index in [1.807, 2.05) is 12.3 Å². The molecule has 106 valence electrons. The van der Waals surface area contributed by atoms with Gasteiger partial charge in [0.25, 0.3) is 0 Å². The minimum Gasteiger partial charge on any atom is -0.339 e. The van der Waals surface area contributed by atoms with E-state index in [2.05, 4.69) is 59.5 Å². The molecule has 1 saturated heterocycles. The van der Waals surface area contributed by atoms with Crippen LogP contribution in [0.1, 0.15) is 66.0 Å². The maximum atomic E-state index is 6.07. The van der Waals surface area contributed by atoms with Gasteiger partial charge in [-0.25, -0.2) is 0 Å². The van der Waals surface area contributed by atoms with Gasteiger partial charge in [-0.1, -0.05) is 20.8 Å². The largest absolute Gasteiger partial charge is 0.339 e. The van der Waals surface area contributed by atoms with E-state index in [1.54, 1.807) is 0 Å². The van der Waals surface area contributed by atoms with Crippen LogP contribution in [-0.2, 0) is 14.9 Å². The van der Waals surface area contributed by atoms with Crippen LogP contribution in [0.15, 0.2) is 18.3 Å². The molecule has 1 aromatic heterocycles. The van der Waals surface area contributed by atoms with Crippen LogP contribution in [0.2, 0.25) is 0 Å². The molecule has 19 heavy (non-hydrogen) atoms. The van der Waals surface area contributed by atoms with Gasteiger partial charge >= 0.3 is 0 Å². The standard InChI is InChI=1S/C16H25NO2/c1-14(2,3)12-10-11(8-9-17-12)13-18-15(4,5)16(6,7)19-13/h8-10,13H,1-7H3. The molecule has 0 aliphatic carbocycles. The van der Waals surface area contributed by atoms with Crippen LogP contribution in [0.5, 0.6) is 0 Å². The Hall–Kier alpha value is -0.930. The Morgan fingerprint density at radius 2 is 1.58 bits per heavy atom. The van der Waals surface area contributed by atoms with E-state index in [1.165, 1.54) is 0 Å². The summed E-state index contributed by atoms with van der Waals surface area (Å²) in [5.41, 5.74) is 1.52. The molecule has 1 aromatic rings. The lowest BCUT2D eigenvalue weighted by atomic mass is 9.90. The van der Waals surface area contributed by atoms with Gasteiger partial charge in [0.05, 0.1) is 11.2 Å². The Morgan fingerprint density at radius 1 is 1.05 bits per heavy atom. The second-order valence-electron chi connectivity index (χ2n) is 7.31. The third-order valence-corrected chi connectivity index (χ3v) is 4.08. The maximum absolute atomic E-state index is 6.07. The molecule has 0 spiro atoms. The maximum Gasteiger partial charge on any atom is 0.185 e. The summed E-state index contributed by atoms with van der Waals surface area (Å²) in [7, 11) is 0. The summed E-state index contributed by atoms with van der Waals surface area (Å²) in [6.07, 6.45) is 1.52. The lowest BCUT2D eigenvalue weighted by molar-refractivity contribution is -0.0896. The van der Waals surface area contributed by atoms with Crippen LogP contribution in [0.3, 0.4) is 0 Å². The monoisotopic (exact) mass is 263 g/mol. The van der Waals surface area contributed by atoms with Crippen LogP contribution in [0, 0.1) is 0 Å². The molecule has 1 aliphatic rings. The SMILES string of the molecule is CC(C)(C)c1cc(C2OC(C)(C)C(C)(C)O2)ccn1. The third kappa shape index (κ3) is 2.67. The average molecular weight is 263 g/mol. The van der Waals surface area contributed by atoms with Gasteiger partial charge in [0.15, 0.2) is 6.29 Å². The summed E-state index contributed by atoms with van der Waals surface area (Å²) >= 11 is 0. The van der Waals surface area contributed by atoms with Crippen molar-refractivity contribution in [2.75, 3.05) is 0 Å². The minimum absolute atomic E-state index is 0.0274. The molecule has 0 saturated carbocycles. The van der Waals surface area contributed by atoms with E-state index in [4.69, 9.17) is 9.47 Å². The highest BCUT2D eigenvalue weighted by Gasteiger charge is 2.49. The first-order chi connectivity index (χ1) is 8.53. The van der Waals surface area contributed by atoms with Crippen molar-refractivity contribution in [2.24, 2.45) is 0 Å². The van der Waals surface area contributed by atoms with Gasteiger partial charge in [0, 0.05) is 22.9 Å². The highest BCUT2D eigenvalue weighted by Crippen LogP contribution is 2.44. The quantitative estimate of drug-likeness (QED) is 0.768. The molecule has 0 N–H and O–H groups in total. The van der Waals surface area contributed by atoms with Crippen molar-refractivity contribution < 1.29 is 9.47 Å². The lowest BCUT2D eigenvalue weighted by Crippen LogP contribution is -2.41. The summed E-state index contributed by atoms with van der Waals surface area (Å²) in [4.78, 5) is 4.44. The minimum atomic E-state index is -0.311. The molecule has 0 amide bonds. The molecule has 2 heterocycles. The molecule has 0 atom stereocenters. The summed E-state index contributed by atoms with van der Waals surface area (Å²) in [5, 5.41) is 0. The molecule has 0 aromatic carbocycles. The first-order valence-corrected chi connectivity index (χ1v) is 6.85. The van der Waals surface area contributed by atoms with E-state index < -0.39 is 0 Å². The van der Waals surface area contributed by atoms with Gasteiger partial charge in [0.1, 0.15) is 0 Å². The molecular formula is C16H25NO2. The van der Waals surface area contributed by atoms with Crippen molar-refractivity contribution >= 4 is 0 Å². The van der Waals surface area contributed by atoms with Crippen molar-refractivity contribution in [2.45, 2.75) is 71.4 Å². The van der Waals surface area contributed by atoms with Crippen molar-refractivity contribution in [3.05, 3.63) is 29.6 Å². The van der Waals surface area contributed by atoms with E-state index >= 15 is 0 Å². The zero-order valence-corrected chi connectivity index (χ0v) is 13.1. The fraction of sp³-hybridized carbons (Fsp3) is 0.688. The third-order valence-electron chi connectivity index (χ3n) is 4.08. The van der Waals surface area contributed by atoms with Crippen LogP contribution in [-0.4, -0.2) is 16.2 Å². The number of aromatic nitrogens is 1. The Labute approximate surface area is 116 Å². The summed E-state index contributed by atoms with van der Waals surface area (Å²) in [6.45, 7) is 14.7. The smallest absolute Gasteiger partial charge is 0.185 e. The van der Waals surface area contributed by atoms with E-state index in [9.17, 15) is 0 Å². The first kappa shape index (κ1) is 14.5. The van der Waals surface area contributed by atoms with Gasteiger partial charge in [-0.05, 0) is 39.8 Å². The zero-order chi connectivity index (χ0) is 14.5. The second kappa shape index (κ2) is 4.29. The number of pyridine rings is 1. The highest BCUT2D eigenvalue weighted by atomic mass is 16.7. The number of ether oxygens (including phenoxy) is 2. The topological polar surface area (TPSA) is 31.4 Å². The van der Waals surface area contributed by atoms with Crippen molar-refractivity contribution in [3.63, 3.8) is 0 Å². The average Bonchev–Trinajstić information content (AvgIpc) is 2.47. The number of hydrogen-bond acceptors (Lipinski definition) is 3. The molecule has 3 heteroatoms. The highest BCUT2D eigenvalue weighted by molar-refractivity contribution is 5.23. The van der Waals surface area contributed by atoms with E-state index in [-0.39, 0.29) is 22.9 Å². The Balaban J connectivity index is 2.30. The van der Waals surface area contributed by atoms with Gasteiger partial charge in [-0.3, -0.25) is 4.98 Å². The lowest BCUT2D eigenvalue weighted by Gasteiger charge is -2.30. The summed E-state index contributed by atoms with van der Waals surface area (Å²) < 4.78 is 12.1. The van der Waals surface area contributed by atoms with E-state index in [0.717, 1.165) is 11.3 Å². The Kier molecular flexibility index (Phi) is 3.27. The van der Waals surface area contributed by atoms with Crippen LogP contribution in [0.25, 0.3) is 0 Å². The molecule has 0 unspecified atom stereocenters. The molecule has 0 bridgehead atoms. The normalized spacial score (nSPS) is 22.7. The van der Waals surface area contributed by atoms with Gasteiger partial charge < -0.3 is 9.47 Å². The van der Waals surface area contributed by atoms with Crippen molar-refractivity contribution in [1.82, 2.24) is 4.98 Å². The predicted octanol–water partition coefficient (Wildman–Crippen LogP) is 3.98. The Bertz CT molecular complexity index is 456. The van der Waals surface area contributed by atoms with Gasteiger partial charge in [-0.15, -0.1) is 0 Å². The predicted molar refractivity (Wildman–Crippen MR) is 76.0 cm³/mol. The summed E-state index contributed by atoms with van der Waals surface area (Å²) in [6, 6.07) is 4.06. The zero-order valence-electron chi connectivity index (χ0n) is 13.1. The summed E-state index contributed by atoms with van der Waals surface area (Å²) in [5.74, 6) is 0. The fourth-order valence-corrected chi connectivity index (χ4v) is 1.98. The van der Waals surface area contributed by atoms with Gasteiger partial charge in [0.2, 0.25) is 0 Å². The van der Waals surface area contributed by atoms with Crippen molar-refractivity contribution in [3.8, 4) is 0 Å². The van der Waals surface area contributed by atoms with Crippen LogP contribution >= 0.6 is 0 Å². The van der Waals surface area contributed by atoms with Crippen molar-refractivity contribution in [1.29, 1.82) is 0 Å². The van der Waals surface area contributed by atoms with E-state index in [0.29, 0.717) is 0 Å². The van der Waals surface area contributed by atoms with Crippen LogP contribution < -0.4 is 0 Å². The number of nitrogens with zero attached hydrogens (tertiary/aromatic N) is 1. The van der Waals surface area contributed by atoms with Crippen LogP contribution in [0.4, 0.5) is 0 Å². The fourth-order valence-electron chi connectivity index (χ4n) is 1.98. The second-order valence-corrected chi connectivity index (χ2v) is 7.31. The molecular weight excluding hydrogens is 238 g/mol.